The van der Waals surface area contributed by atoms with Gasteiger partial charge in [0.1, 0.15) is 0 Å². The molecule has 0 bridgehead atoms. The number of aromatic amines is 1. The maximum absolute atomic E-state index is 8.74. The monoisotopic (exact) mass is 245 g/mol. The van der Waals surface area contributed by atoms with Crippen LogP contribution in [-0.4, -0.2) is 10.2 Å². The second-order valence-electron chi connectivity index (χ2n) is 4.29. The Morgan fingerprint density at radius 3 is 2.94 bits per heavy atom. The van der Waals surface area contributed by atoms with Crippen LogP contribution in [0, 0.1) is 11.3 Å². The van der Waals surface area contributed by atoms with Crippen LogP contribution in [0.2, 0.25) is 0 Å². The molecule has 0 amide bonds. The summed E-state index contributed by atoms with van der Waals surface area (Å²) in [6.07, 6.45) is 1.31. The van der Waals surface area contributed by atoms with Gasteiger partial charge in [0.2, 0.25) is 0 Å². The van der Waals surface area contributed by atoms with Crippen molar-refractivity contribution in [2.45, 2.75) is 32.6 Å². The maximum Gasteiger partial charge on any atom is 0.0964 e. The molecule has 4 heteroatoms. The van der Waals surface area contributed by atoms with E-state index in [2.05, 4.69) is 41.6 Å². The van der Waals surface area contributed by atoms with Crippen LogP contribution in [-0.2, 0) is 6.42 Å². The zero-order valence-corrected chi connectivity index (χ0v) is 10.8. The summed E-state index contributed by atoms with van der Waals surface area (Å²) < 4.78 is 0. The molecule has 17 heavy (non-hydrogen) atoms. The predicted octanol–water partition coefficient (Wildman–Crippen LogP) is 3.72. The van der Waals surface area contributed by atoms with E-state index in [1.165, 1.54) is 5.56 Å². The SMILES string of the molecule is CC(C)c1[nH]nc(-c2ccsc2)c1CCC#N. The molecule has 0 saturated heterocycles. The molecule has 2 heterocycles. The van der Waals surface area contributed by atoms with Crippen LogP contribution in [0.1, 0.15) is 37.4 Å². The second-order valence-corrected chi connectivity index (χ2v) is 5.07. The van der Waals surface area contributed by atoms with Gasteiger partial charge in [-0.2, -0.15) is 21.7 Å². The average molecular weight is 245 g/mol. The Kier molecular flexibility index (Phi) is 3.60. The van der Waals surface area contributed by atoms with Gasteiger partial charge in [-0.05, 0) is 23.8 Å². The number of nitrogens with zero attached hydrogens (tertiary/aromatic N) is 2. The molecule has 0 radical (unpaired) electrons. The van der Waals surface area contributed by atoms with Crippen LogP contribution < -0.4 is 0 Å². The molecule has 0 spiro atoms. The van der Waals surface area contributed by atoms with Gasteiger partial charge >= 0.3 is 0 Å². The summed E-state index contributed by atoms with van der Waals surface area (Å²) in [5.74, 6) is 0.406. The minimum atomic E-state index is 0.406. The van der Waals surface area contributed by atoms with Gasteiger partial charge in [0, 0.05) is 28.6 Å². The first-order valence-corrected chi connectivity index (χ1v) is 6.65. The first-order chi connectivity index (χ1) is 8.24. The number of H-pyrrole nitrogens is 1. The highest BCUT2D eigenvalue weighted by Crippen LogP contribution is 2.30. The van der Waals surface area contributed by atoms with E-state index < -0.39 is 0 Å². The molecule has 3 nitrogen and oxygen atoms in total. The molecule has 0 aliphatic rings. The van der Waals surface area contributed by atoms with Crippen molar-refractivity contribution in [2.75, 3.05) is 0 Å². The standard InChI is InChI=1S/C13H15N3S/c1-9(2)12-11(4-3-6-14)13(16-15-12)10-5-7-17-8-10/h5,7-9H,3-4H2,1-2H3,(H,15,16). The van der Waals surface area contributed by atoms with Gasteiger partial charge < -0.3 is 0 Å². The molecule has 2 aromatic heterocycles. The van der Waals surface area contributed by atoms with Crippen molar-refractivity contribution in [3.8, 4) is 17.3 Å². The Bertz CT molecular complexity index is 517. The lowest BCUT2D eigenvalue weighted by molar-refractivity contribution is 0.792. The zero-order chi connectivity index (χ0) is 12.3. The van der Waals surface area contributed by atoms with E-state index in [1.54, 1.807) is 11.3 Å². The van der Waals surface area contributed by atoms with Gasteiger partial charge in [-0.1, -0.05) is 13.8 Å². The zero-order valence-electron chi connectivity index (χ0n) is 10.0. The molecule has 2 aromatic rings. The predicted molar refractivity (Wildman–Crippen MR) is 69.9 cm³/mol. The van der Waals surface area contributed by atoms with Crippen molar-refractivity contribution in [3.05, 3.63) is 28.1 Å². The van der Waals surface area contributed by atoms with Crippen molar-refractivity contribution in [3.63, 3.8) is 0 Å². The van der Waals surface area contributed by atoms with Crippen LogP contribution in [0.25, 0.3) is 11.3 Å². The minimum Gasteiger partial charge on any atom is -0.281 e. The number of thiophene rings is 1. The summed E-state index contributed by atoms with van der Waals surface area (Å²) in [5.41, 5.74) is 4.50. The minimum absolute atomic E-state index is 0.406. The molecule has 0 fully saturated rings. The van der Waals surface area contributed by atoms with E-state index in [0.717, 1.165) is 23.4 Å². The summed E-state index contributed by atoms with van der Waals surface area (Å²) >= 11 is 1.67. The van der Waals surface area contributed by atoms with E-state index in [-0.39, 0.29) is 0 Å². The molecule has 0 saturated carbocycles. The molecule has 0 atom stereocenters. The first kappa shape index (κ1) is 11.9. The summed E-state index contributed by atoms with van der Waals surface area (Å²) in [4.78, 5) is 0. The van der Waals surface area contributed by atoms with E-state index in [9.17, 15) is 0 Å². The van der Waals surface area contributed by atoms with Gasteiger partial charge in [0.05, 0.1) is 11.8 Å². The Labute approximate surface area is 105 Å². The highest BCUT2D eigenvalue weighted by Gasteiger charge is 2.16. The van der Waals surface area contributed by atoms with Gasteiger partial charge in [0.15, 0.2) is 0 Å². The van der Waals surface area contributed by atoms with E-state index in [0.29, 0.717) is 12.3 Å². The number of hydrogen-bond donors (Lipinski definition) is 1. The summed E-state index contributed by atoms with van der Waals surface area (Å²) in [6.45, 7) is 4.28. The summed E-state index contributed by atoms with van der Waals surface area (Å²) in [5, 5.41) is 20.4. The highest BCUT2D eigenvalue weighted by atomic mass is 32.1. The normalized spacial score (nSPS) is 10.7. The van der Waals surface area contributed by atoms with Gasteiger partial charge in [-0.3, -0.25) is 5.10 Å². The highest BCUT2D eigenvalue weighted by molar-refractivity contribution is 7.08. The fraction of sp³-hybridized carbons (Fsp3) is 0.385. The third kappa shape index (κ3) is 2.40. The number of nitrogens with one attached hydrogen (secondary N) is 1. The topological polar surface area (TPSA) is 52.5 Å². The smallest absolute Gasteiger partial charge is 0.0964 e. The second kappa shape index (κ2) is 5.15. The van der Waals surface area contributed by atoms with Crippen molar-refractivity contribution >= 4 is 11.3 Å². The van der Waals surface area contributed by atoms with Crippen LogP contribution in [0.15, 0.2) is 16.8 Å². The van der Waals surface area contributed by atoms with Crippen LogP contribution >= 0.6 is 11.3 Å². The average Bonchev–Trinajstić information content (AvgIpc) is 2.94. The Morgan fingerprint density at radius 2 is 2.35 bits per heavy atom. The fourth-order valence-electron chi connectivity index (χ4n) is 1.93. The van der Waals surface area contributed by atoms with Crippen molar-refractivity contribution < 1.29 is 0 Å². The first-order valence-electron chi connectivity index (χ1n) is 5.70. The largest absolute Gasteiger partial charge is 0.281 e. The van der Waals surface area contributed by atoms with Gasteiger partial charge in [-0.15, -0.1) is 0 Å². The number of rotatable bonds is 4. The third-order valence-electron chi connectivity index (χ3n) is 2.76. The number of hydrogen-bond acceptors (Lipinski definition) is 3. The van der Waals surface area contributed by atoms with Crippen molar-refractivity contribution in [1.82, 2.24) is 10.2 Å². The fourth-order valence-corrected chi connectivity index (χ4v) is 2.57. The molecule has 88 valence electrons. The van der Waals surface area contributed by atoms with Crippen LogP contribution in [0.5, 0.6) is 0 Å². The Balaban J connectivity index is 2.42. The lowest BCUT2D eigenvalue weighted by Gasteiger charge is -2.05. The molecule has 2 rings (SSSR count). The molecular weight excluding hydrogens is 230 g/mol. The van der Waals surface area contributed by atoms with Crippen LogP contribution in [0.3, 0.4) is 0 Å². The quantitative estimate of drug-likeness (QED) is 0.892. The van der Waals surface area contributed by atoms with Gasteiger partial charge in [-0.25, -0.2) is 0 Å². The Hall–Kier alpha value is -1.60. The lowest BCUT2D eigenvalue weighted by atomic mass is 9.98. The molecule has 1 N–H and O–H groups in total. The Morgan fingerprint density at radius 1 is 1.53 bits per heavy atom. The van der Waals surface area contributed by atoms with E-state index in [4.69, 9.17) is 5.26 Å². The van der Waals surface area contributed by atoms with Gasteiger partial charge in [0.25, 0.3) is 0 Å². The van der Waals surface area contributed by atoms with Crippen molar-refractivity contribution in [1.29, 1.82) is 5.26 Å². The summed E-state index contributed by atoms with van der Waals surface area (Å²) in [7, 11) is 0. The number of nitriles is 1. The van der Waals surface area contributed by atoms with Crippen molar-refractivity contribution in [2.24, 2.45) is 0 Å². The maximum atomic E-state index is 8.74. The van der Waals surface area contributed by atoms with Crippen LogP contribution in [0.4, 0.5) is 0 Å². The molecular formula is C13H15N3S. The van der Waals surface area contributed by atoms with E-state index in [1.807, 2.05) is 5.38 Å². The molecule has 0 aliphatic carbocycles. The third-order valence-corrected chi connectivity index (χ3v) is 3.44. The molecule has 0 unspecified atom stereocenters. The molecule has 0 aromatic carbocycles. The lowest BCUT2D eigenvalue weighted by Crippen LogP contribution is -1.95. The number of aromatic nitrogens is 2. The molecule has 0 aliphatic heterocycles. The van der Waals surface area contributed by atoms with E-state index >= 15 is 0 Å². The summed E-state index contributed by atoms with van der Waals surface area (Å²) in [6, 6.07) is 4.28.